The predicted molar refractivity (Wildman–Crippen MR) is 113 cm³/mol. The summed E-state index contributed by atoms with van der Waals surface area (Å²) in [6.45, 7) is 13.0. The third-order valence-corrected chi connectivity index (χ3v) is 5.36. The van der Waals surface area contributed by atoms with Gasteiger partial charge in [-0.05, 0) is 26.3 Å². The average molecular weight is 403 g/mol. The minimum atomic E-state index is -0.479. The normalized spacial score (nSPS) is 19.3. The van der Waals surface area contributed by atoms with Crippen LogP contribution in [-0.2, 0) is 16.1 Å². The van der Waals surface area contributed by atoms with Crippen molar-refractivity contribution >= 4 is 12.0 Å². The summed E-state index contributed by atoms with van der Waals surface area (Å²) in [5.41, 5.74) is 0.836. The van der Waals surface area contributed by atoms with E-state index in [0.29, 0.717) is 32.7 Å². The SMILES string of the molecule is CC(C)(C)OC(=O)N1CCN(CC(=O)N2CCN(Cc3ccccc3)CC2)CC1. The zero-order chi connectivity index (χ0) is 20.9. The number of piperazine rings is 2. The third-order valence-electron chi connectivity index (χ3n) is 5.36. The van der Waals surface area contributed by atoms with Gasteiger partial charge in [0, 0.05) is 58.9 Å². The summed E-state index contributed by atoms with van der Waals surface area (Å²) in [4.78, 5) is 33.1. The van der Waals surface area contributed by atoms with E-state index in [1.807, 2.05) is 31.7 Å². The molecule has 2 aliphatic rings. The molecule has 1 aromatic rings. The van der Waals surface area contributed by atoms with Gasteiger partial charge in [0.05, 0.1) is 6.54 Å². The summed E-state index contributed by atoms with van der Waals surface area (Å²) in [6, 6.07) is 10.5. The molecule has 0 aromatic heterocycles. The first-order chi connectivity index (χ1) is 13.8. The van der Waals surface area contributed by atoms with Crippen LogP contribution >= 0.6 is 0 Å². The summed E-state index contributed by atoms with van der Waals surface area (Å²) in [6.07, 6.45) is -0.266. The number of carbonyl (C=O) groups excluding carboxylic acids is 2. The lowest BCUT2D eigenvalue weighted by Crippen LogP contribution is -2.54. The van der Waals surface area contributed by atoms with Crippen molar-refractivity contribution in [3.8, 4) is 0 Å². The maximum atomic E-state index is 12.7. The van der Waals surface area contributed by atoms with E-state index in [1.165, 1.54) is 5.56 Å². The number of rotatable bonds is 4. The van der Waals surface area contributed by atoms with Crippen LogP contribution in [0.25, 0.3) is 0 Å². The maximum Gasteiger partial charge on any atom is 0.410 e. The summed E-state index contributed by atoms with van der Waals surface area (Å²) in [5, 5.41) is 0. The van der Waals surface area contributed by atoms with E-state index in [1.54, 1.807) is 4.90 Å². The molecule has 1 aromatic carbocycles. The number of nitrogens with zero attached hydrogens (tertiary/aromatic N) is 4. The number of benzene rings is 1. The zero-order valence-corrected chi connectivity index (χ0v) is 18.0. The van der Waals surface area contributed by atoms with Gasteiger partial charge in [-0.3, -0.25) is 14.6 Å². The smallest absolute Gasteiger partial charge is 0.410 e. The molecule has 7 nitrogen and oxygen atoms in total. The van der Waals surface area contributed by atoms with Crippen LogP contribution < -0.4 is 0 Å². The lowest BCUT2D eigenvalue weighted by atomic mass is 10.2. The van der Waals surface area contributed by atoms with E-state index in [2.05, 4.69) is 34.1 Å². The maximum absolute atomic E-state index is 12.7. The lowest BCUT2D eigenvalue weighted by molar-refractivity contribution is -0.134. The molecule has 29 heavy (non-hydrogen) atoms. The lowest BCUT2D eigenvalue weighted by Gasteiger charge is -2.38. The summed E-state index contributed by atoms with van der Waals surface area (Å²) >= 11 is 0. The number of hydrogen-bond donors (Lipinski definition) is 0. The van der Waals surface area contributed by atoms with E-state index in [4.69, 9.17) is 4.74 Å². The fourth-order valence-corrected chi connectivity index (χ4v) is 3.70. The van der Waals surface area contributed by atoms with Crippen LogP contribution in [0.3, 0.4) is 0 Å². The monoisotopic (exact) mass is 402 g/mol. The van der Waals surface area contributed by atoms with Gasteiger partial charge >= 0.3 is 6.09 Å². The fraction of sp³-hybridized carbons (Fsp3) is 0.636. The Balaban J connectivity index is 1.37. The van der Waals surface area contributed by atoms with E-state index in [0.717, 1.165) is 32.7 Å². The summed E-state index contributed by atoms with van der Waals surface area (Å²) in [5.74, 6) is 0.190. The van der Waals surface area contributed by atoms with E-state index >= 15 is 0 Å². The van der Waals surface area contributed by atoms with Gasteiger partial charge in [0.1, 0.15) is 5.60 Å². The Hall–Kier alpha value is -2.12. The predicted octanol–water partition coefficient (Wildman–Crippen LogP) is 1.88. The number of amides is 2. The second kappa shape index (κ2) is 9.59. The topological polar surface area (TPSA) is 56.3 Å². The minimum absolute atomic E-state index is 0.190. The molecule has 0 N–H and O–H groups in total. The molecule has 7 heteroatoms. The van der Waals surface area contributed by atoms with Crippen LogP contribution in [0.2, 0.25) is 0 Å². The van der Waals surface area contributed by atoms with Crippen LogP contribution in [-0.4, -0.2) is 96.1 Å². The highest BCUT2D eigenvalue weighted by molar-refractivity contribution is 5.78. The van der Waals surface area contributed by atoms with Crippen LogP contribution in [0.5, 0.6) is 0 Å². The van der Waals surface area contributed by atoms with Crippen LogP contribution in [0.4, 0.5) is 4.79 Å². The first-order valence-corrected chi connectivity index (χ1v) is 10.5. The second-order valence-electron chi connectivity index (χ2n) is 8.89. The Labute approximate surface area is 174 Å². The Morgan fingerprint density at radius 1 is 0.828 bits per heavy atom. The molecule has 0 atom stereocenters. The summed E-state index contributed by atoms with van der Waals surface area (Å²) in [7, 11) is 0. The molecule has 0 saturated carbocycles. The van der Waals surface area contributed by atoms with Gasteiger partial charge in [-0.2, -0.15) is 0 Å². The molecule has 160 valence electrons. The largest absolute Gasteiger partial charge is 0.444 e. The third kappa shape index (κ3) is 6.72. The molecule has 2 aliphatic heterocycles. The molecular formula is C22H34N4O3. The highest BCUT2D eigenvalue weighted by atomic mass is 16.6. The van der Waals surface area contributed by atoms with Crippen molar-refractivity contribution in [2.75, 3.05) is 58.9 Å². The van der Waals surface area contributed by atoms with E-state index in [9.17, 15) is 9.59 Å². The minimum Gasteiger partial charge on any atom is -0.444 e. The molecule has 2 fully saturated rings. The van der Waals surface area contributed by atoms with Crippen LogP contribution in [0, 0.1) is 0 Å². The molecule has 3 rings (SSSR count). The molecule has 0 radical (unpaired) electrons. The Bertz CT molecular complexity index is 673. The van der Waals surface area contributed by atoms with E-state index < -0.39 is 5.60 Å². The first-order valence-electron chi connectivity index (χ1n) is 10.5. The standard InChI is InChI=1S/C22H34N4O3/c1-22(2,3)29-21(28)26-15-11-24(12-16-26)18-20(27)25-13-9-23(10-14-25)17-19-7-5-4-6-8-19/h4-8H,9-18H2,1-3H3. The van der Waals surface area contributed by atoms with Gasteiger partial charge < -0.3 is 14.5 Å². The number of ether oxygens (including phenoxy) is 1. The fourth-order valence-electron chi connectivity index (χ4n) is 3.70. The van der Waals surface area contributed by atoms with Crippen molar-refractivity contribution in [2.45, 2.75) is 32.9 Å². The Morgan fingerprint density at radius 3 is 1.97 bits per heavy atom. The molecule has 2 saturated heterocycles. The van der Waals surface area contributed by atoms with Gasteiger partial charge in [-0.25, -0.2) is 4.79 Å². The van der Waals surface area contributed by atoms with Crippen molar-refractivity contribution in [3.05, 3.63) is 35.9 Å². The van der Waals surface area contributed by atoms with Crippen LogP contribution in [0.1, 0.15) is 26.3 Å². The van der Waals surface area contributed by atoms with Crippen molar-refractivity contribution in [1.82, 2.24) is 19.6 Å². The molecule has 0 spiro atoms. The van der Waals surface area contributed by atoms with Gasteiger partial charge in [0.2, 0.25) is 5.91 Å². The summed E-state index contributed by atoms with van der Waals surface area (Å²) < 4.78 is 5.43. The van der Waals surface area contributed by atoms with Gasteiger partial charge in [-0.1, -0.05) is 30.3 Å². The molecule has 0 bridgehead atoms. The molecule has 2 amide bonds. The Morgan fingerprint density at radius 2 is 1.38 bits per heavy atom. The van der Waals surface area contributed by atoms with Crippen molar-refractivity contribution in [3.63, 3.8) is 0 Å². The average Bonchev–Trinajstić information content (AvgIpc) is 2.68. The highest BCUT2D eigenvalue weighted by Crippen LogP contribution is 2.13. The molecule has 0 aliphatic carbocycles. The first kappa shape index (κ1) is 21.6. The highest BCUT2D eigenvalue weighted by Gasteiger charge is 2.28. The molecule has 2 heterocycles. The van der Waals surface area contributed by atoms with E-state index in [-0.39, 0.29) is 12.0 Å². The second-order valence-corrected chi connectivity index (χ2v) is 8.89. The van der Waals surface area contributed by atoms with Gasteiger partial charge in [0.15, 0.2) is 0 Å². The Kier molecular flexibility index (Phi) is 7.14. The van der Waals surface area contributed by atoms with Crippen molar-refractivity contribution in [2.24, 2.45) is 0 Å². The van der Waals surface area contributed by atoms with Gasteiger partial charge in [0.25, 0.3) is 0 Å². The van der Waals surface area contributed by atoms with Crippen LogP contribution in [0.15, 0.2) is 30.3 Å². The number of carbonyl (C=O) groups is 2. The molecular weight excluding hydrogens is 368 g/mol. The zero-order valence-electron chi connectivity index (χ0n) is 18.0. The quantitative estimate of drug-likeness (QED) is 0.770. The van der Waals surface area contributed by atoms with Crippen molar-refractivity contribution < 1.29 is 14.3 Å². The number of hydrogen-bond acceptors (Lipinski definition) is 5. The molecule has 0 unspecified atom stereocenters. The van der Waals surface area contributed by atoms with Gasteiger partial charge in [-0.15, -0.1) is 0 Å². The van der Waals surface area contributed by atoms with Crippen molar-refractivity contribution in [1.29, 1.82) is 0 Å².